The van der Waals surface area contributed by atoms with Crippen molar-refractivity contribution in [2.75, 3.05) is 6.54 Å². The Morgan fingerprint density at radius 1 is 1.30 bits per heavy atom. The Bertz CT molecular complexity index is 480. The van der Waals surface area contributed by atoms with Gasteiger partial charge in [-0.05, 0) is 25.3 Å². The molecule has 0 radical (unpaired) electrons. The fourth-order valence-electron chi connectivity index (χ4n) is 1.90. The molecule has 1 amide bonds. The first-order valence-corrected chi connectivity index (χ1v) is 6.76. The van der Waals surface area contributed by atoms with Crippen LogP contribution in [0.5, 0.6) is 0 Å². The summed E-state index contributed by atoms with van der Waals surface area (Å²) in [6.07, 6.45) is 3.01. The molecule has 0 aliphatic heterocycles. The number of nitrogens with one attached hydrogen (secondary N) is 1. The average Bonchev–Trinajstić information content (AvgIpc) is 2.44. The number of aliphatic carboxylic acids is 1. The lowest BCUT2D eigenvalue weighted by molar-refractivity contribution is -0.141. The SMILES string of the molecule is CCC=C(C)C(=O)NCC(Cc1ccccc1)C(=O)O. The molecule has 4 heteroatoms. The molecule has 108 valence electrons. The number of carboxylic acid groups (broad SMARTS) is 1. The van der Waals surface area contributed by atoms with Crippen LogP contribution in [0.25, 0.3) is 0 Å². The molecule has 1 unspecified atom stereocenters. The van der Waals surface area contributed by atoms with Crippen molar-refractivity contribution in [3.63, 3.8) is 0 Å². The zero-order chi connectivity index (χ0) is 15.0. The first-order chi connectivity index (χ1) is 9.54. The third kappa shape index (κ3) is 5.26. The summed E-state index contributed by atoms with van der Waals surface area (Å²) in [6, 6.07) is 9.42. The average molecular weight is 275 g/mol. The van der Waals surface area contributed by atoms with E-state index in [1.54, 1.807) is 6.92 Å². The van der Waals surface area contributed by atoms with Crippen LogP contribution in [0.2, 0.25) is 0 Å². The van der Waals surface area contributed by atoms with Gasteiger partial charge in [0.15, 0.2) is 0 Å². The Kier molecular flexibility index (Phi) is 6.50. The molecule has 1 aromatic rings. The van der Waals surface area contributed by atoms with Crippen molar-refractivity contribution in [2.45, 2.75) is 26.7 Å². The maximum absolute atomic E-state index is 11.7. The second kappa shape index (κ2) is 8.15. The monoisotopic (exact) mass is 275 g/mol. The van der Waals surface area contributed by atoms with E-state index in [9.17, 15) is 14.7 Å². The van der Waals surface area contributed by atoms with E-state index in [-0.39, 0.29) is 12.5 Å². The maximum Gasteiger partial charge on any atom is 0.308 e. The van der Waals surface area contributed by atoms with Gasteiger partial charge in [-0.1, -0.05) is 43.3 Å². The number of rotatable bonds is 7. The lowest BCUT2D eigenvalue weighted by Gasteiger charge is -2.13. The molecule has 0 aromatic heterocycles. The highest BCUT2D eigenvalue weighted by Crippen LogP contribution is 2.09. The Morgan fingerprint density at radius 2 is 1.95 bits per heavy atom. The van der Waals surface area contributed by atoms with Gasteiger partial charge in [-0.2, -0.15) is 0 Å². The van der Waals surface area contributed by atoms with Gasteiger partial charge in [-0.25, -0.2) is 0 Å². The summed E-state index contributed by atoms with van der Waals surface area (Å²) in [6.45, 7) is 3.82. The molecule has 1 atom stereocenters. The second-order valence-electron chi connectivity index (χ2n) is 4.73. The van der Waals surface area contributed by atoms with E-state index < -0.39 is 11.9 Å². The van der Waals surface area contributed by atoms with Crippen molar-refractivity contribution in [2.24, 2.45) is 5.92 Å². The van der Waals surface area contributed by atoms with Crippen LogP contribution in [-0.2, 0) is 16.0 Å². The second-order valence-corrected chi connectivity index (χ2v) is 4.73. The van der Waals surface area contributed by atoms with Crippen LogP contribution in [0.3, 0.4) is 0 Å². The molecule has 0 fully saturated rings. The summed E-state index contributed by atoms with van der Waals surface area (Å²) in [4.78, 5) is 23.0. The van der Waals surface area contributed by atoms with Gasteiger partial charge in [0.25, 0.3) is 0 Å². The van der Waals surface area contributed by atoms with Crippen molar-refractivity contribution in [3.8, 4) is 0 Å². The van der Waals surface area contributed by atoms with E-state index in [2.05, 4.69) is 5.32 Å². The van der Waals surface area contributed by atoms with E-state index in [0.29, 0.717) is 12.0 Å². The van der Waals surface area contributed by atoms with Crippen LogP contribution in [0.15, 0.2) is 42.0 Å². The molecule has 0 bridgehead atoms. The van der Waals surface area contributed by atoms with Crippen molar-refractivity contribution in [3.05, 3.63) is 47.5 Å². The third-order valence-corrected chi connectivity index (χ3v) is 3.05. The lowest BCUT2D eigenvalue weighted by atomic mass is 9.99. The van der Waals surface area contributed by atoms with Gasteiger partial charge in [-0.3, -0.25) is 9.59 Å². The minimum atomic E-state index is -0.897. The molecule has 0 spiro atoms. The molecule has 1 rings (SSSR count). The van der Waals surface area contributed by atoms with Crippen molar-refractivity contribution >= 4 is 11.9 Å². The zero-order valence-corrected chi connectivity index (χ0v) is 11.9. The first kappa shape index (κ1) is 16.0. The summed E-state index contributed by atoms with van der Waals surface area (Å²) in [7, 11) is 0. The van der Waals surface area contributed by atoms with E-state index in [1.807, 2.05) is 43.3 Å². The molecule has 4 nitrogen and oxygen atoms in total. The summed E-state index contributed by atoms with van der Waals surface area (Å²) in [5.41, 5.74) is 1.58. The molecule has 0 saturated heterocycles. The molecule has 0 aliphatic carbocycles. The molecule has 20 heavy (non-hydrogen) atoms. The fourth-order valence-corrected chi connectivity index (χ4v) is 1.90. The summed E-state index contributed by atoms with van der Waals surface area (Å²) in [5, 5.41) is 11.9. The first-order valence-electron chi connectivity index (χ1n) is 6.76. The Morgan fingerprint density at radius 3 is 2.50 bits per heavy atom. The van der Waals surface area contributed by atoms with Crippen LogP contribution in [0.1, 0.15) is 25.8 Å². The highest BCUT2D eigenvalue weighted by atomic mass is 16.4. The third-order valence-electron chi connectivity index (χ3n) is 3.05. The minimum Gasteiger partial charge on any atom is -0.481 e. The van der Waals surface area contributed by atoms with Gasteiger partial charge in [0.2, 0.25) is 5.91 Å². The Labute approximate surface area is 119 Å². The Balaban J connectivity index is 2.58. The van der Waals surface area contributed by atoms with Crippen LogP contribution in [-0.4, -0.2) is 23.5 Å². The molecule has 2 N–H and O–H groups in total. The standard InChI is InChI=1S/C16H21NO3/c1-3-7-12(2)15(18)17-11-14(16(19)20)10-13-8-5-4-6-9-13/h4-9,14H,3,10-11H2,1-2H3,(H,17,18)(H,19,20). The number of hydrogen-bond donors (Lipinski definition) is 2. The molecule has 1 aromatic carbocycles. The Hall–Kier alpha value is -2.10. The topological polar surface area (TPSA) is 66.4 Å². The number of carbonyl (C=O) groups excluding carboxylic acids is 1. The molecule has 0 heterocycles. The van der Waals surface area contributed by atoms with E-state index in [0.717, 1.165) is 12.0 Å². The number of allylic oxidation sites excluding steroid dienone is 1. The number of benzene rings is 1. The summed E-state index contributed by atoms with van der Waals surface area (Å²) < 4.78 is 0. The normalized spacial score (nSPS) is 12.8. The highest BCUT2D eigenvalue weighted by Gasteiger charge is 2.19. The number of carboxylic acids is 1. The number of amides is 1. The van der Waals surface area contributed by atoms with Gasteiger partial charge in [0, 0.05) is 12.1 Å². The predicted octanol–water partition coefficient (Wildman–Crippen LogP) is 2.40. The fraction of sp³-hybridized carbons (Fsp3) is 0.375. The van der Waals surface area contributed by atoms with Gasteiger partial charge < -0.3 is 10.4 Å². The largest absolute Gasteiger partial charge is 0.481 e. The smallest absolute Gasteiger partial charge is 0.308 e. The van der Waals surface area contributed by atoms with Crippen LogP contribution < -0.4 is 5.32 Å². The molecular formula is C16H21NO3. The van der Waals surface area contributed by atoms with E-state index >= 15 is 0 Å². The highest BCUT2D eigenvalue weighted by molar-refractivity contribution is 5.92. The summed E-state index contributed by atoms with van der Waals surface area (Å²) in [5.74, 6) is -1.71. The molecule has 0 saturated carbocycles. The van der Waals surface area contributed by atoms with Crippen molar-refractivity contribution in [1.82, 2.24) is 5.32 Å². The van der Waals surface area contributed by atoms with Gasteiger partial charge in [-0.15, -0.1) is 0 Å². The van der Waals surface area contributed by atoms with Crippen molar-refractivity contribution in [1.29, 1.82) is 0 Å². The maximum atomic E-state index is 11.7. The van der Waals surface area contributed by atoms with Gasteiger partial charge in [0.1, 0.15) is 0 Å². The lowest BCUT2D eigenvalue weighted by Crippen LogP contribution is -2.34. The molecular weight excluding hydrogens is 254 g/mol. The van der Waals surface area contributed by atoms with Crippen LogP contribution in [0.4, 0.5) is 0 Å². The minimum absolute atomic E-state index is 0.137. The van der Waals surface area contributed by atoms with E-state index in [1.165, 1.54) is 0 Å². The quantitative estimate of drug-likeness (QED) is 0.751. The van der Waals surface area contributed by atoms with Gasteiger partial charge >= 0.3 is 5.97 Å². The van der Waals surface area contributed by atoms with Gasteiger partial charge in [0.05, 0.1) is 5.92 Å². The van der Waals surface area contributed by atoms with Crippen LogP contribution >= 0.6 is 0 Å². The van der Waals surface area contributed by atoms with E-state index in [4.69, 9.17) is 0 Å². The van der Waals surface area contributed by atoms with Crippen molar-refractivity contribution < 1.29 is 14.7 Å². The summed E-state index contributed by atoms with van der Waals surface area (Å²) >= 11 is 0. The number of hydrogen-bond acceptors (Lipinski definition) is 2. The van der Waals surface area contributed by atoms with Crippen LogP contribution in [0, 0.1) is 5.92 Å². The zero-order valence-electron chi connectivity index (χ0n) is 11.9. The number of carbonyl (C=O) groups is 2. The molecule has 0 aliphatic rings. The predicted molar refractivity (Wildman–Crippen MR) is 78.3 cm³/mol.